The third-order valence-corrected chi connectivity index (χ3v) is 3.87. The number of carboxylic acid groups (broad SMARTS) is 1. The molecular formula is C13H11NO5S. The van der Waals surface area contributed by atoms with Crippen molar-refractivity contribution < 1.29 is 24.3 Å². The van der Waals surface area contributed by atoms with E-state index in [1.807, 2.05) is 0 Å². The van der Waals surface area contributed by atoms with Crippen LogP contribution < -0.4 is 5.32 Å². The van der Waals surface area contributed by atoms with Crippen LogP contribution in [0.5, 0.6) is 0 Å². The van der Waals surface area contributed by atoms with Crippen LogP contribution in [0.25, 0.3) is 0 Å². The van der Waals surface area contributed by atoms with Crippen molar-refractivity contribution in [1.82, 2.24) is 5.32 Å². The number of aliphatic carboxylic acids is 1. The summed E-state index contributed by atoms with van der Waals surface area (Å²) in [4.78, 5) is 47.2. The van der Waals surface area contributed by atoms with Gasteiger partial charge in [-0.25, -0.2) is 0 Å². The minimum Gasteiger partial charge on any atom is -0.480 e. The van der Waals surface area contributed by atoms with Gasteiger partial charge < -0.3 is 10.4 Å². The Labute approximate surface area is 118 Å². The van der Waals surface area contributed by atoms with Gasteiger partial charge in [0.15, 0.2) is 11.7 Å². The minimum atomic E-state index is -1.49. The van der Waals surface area contributed by atoms with Crippen LogP contribution in [-0.4, -0.2) is 33.9 Å². The van der Waals surface area contributed by atoms with Crippen LogP contribution >= 0.6 is 11.8 Å². The molecule has 6 nitrogen and oxygen atoms in total. The number of amides is 1. The van der Waals surface area contributed by atoms with Gasteiger partial charge in [0.2, 0.25) is 11.0 Å². The third-order valence-electron chi connectivity index (χ3n) is 2.85. The van der Waals surface area contributed by atoms with E-state index in [0.29, 0.717) is 10.5 Å². The van der Waals surface area contributed by atoms with Gasteiger partial charge in [0.1, 0.15) is 6.04 Å². The molecule has 1 aromatic carbocycles. The number of fused-ring (bicyclic) bond motifs is 1. The summed E-state index contributed by atoms with van der Waals surface area (Å²) in [6.45, 7) is 1.26. The fourth-order valence-corrected chi connectivity index (χ4v) is 2.75. The van der Waals surface area contributed by atoms with Crippen LogP contribution in [0.3, 0.4) is 0 Å². The van der Waals surface area contributed by atoms with Gasteiger partial charge in [-0.05, 0) is 24.8 Å². The zero-order valence-electron chi connectivity index (χ0n) is 10.5. The minimum absolute atomic E-state index is 0.306. The monoisotopic (exact) mass is 293 g/mol. The molecule has 1 aromatic rings. The summed E-state index contributed by atoms with van der Waals surface area (Å²) >= 11 is 0.820. The van der Waals surface area contributed by atoms with E-state index in [-0.39, 0.29) is 0 Å². The van der Waals surface area contributed by atoms with Crippen molar-refractivity contribution in [2.45, 2.75) is 17.9 Å². The molecule has 1 aliphatic rings. The molecule has 0 fully saturated rings. The molecule has 1 amide bonds. The Morgan fingerprint density at radius 3 is 2.60 bits per heavy atom. The molecule has 1 aliphatic heterocycles. The van der Waals surface area contributed by atoms with Gasteiger partial charge in [0.05, 0.1) is 0 Å². The highest BCUT2D eigenvalue weighted by Gasteiger charge is 2.40. The number of Topliss-reactive ketones (excluding diaryl/α,β-unsaturated/α-hetero) is 1. The molecule has 1 unspecified atom stereocenters. The molecule has 2 rings (SSSR count). The average Bonchev–Trinajstić information content (AvgIpc) is 2.38. The first-order valence-corrected chi connectivity index (χ1v) is 6.61. The van der Waals surface area contributed by atoms with Gasteiger partial charge in [0, 0.05) is 10.5 Å². The topological polar surface area (TPSA) is 101 Å². The average molecular weight is 293 g/mol. The highest BCUT2D eigenvalue weighted by Crippen LogP contribution is 2.34. The van der Waals surface area contributed by atoms with Gasteiger partial charge >= 0.3 is 5.97 Å². The number of ketones is 1. The number of hydrogen-bond acceptors (Lipinski definition) is 5. The molecule has 2 N–H and O–H groups in total. The number of nitrogens with one attached hydrogen (secondary N) is 1. The summed E-state index contributed by atoms with van der Waals surface area (Å²) in [5, 5.41) is 10.3. The number of rotatable bonds is 3. The number of benzene rings is 1. The summed E-state index contributed by atoms with van der Waals surface area (Å²) < 4.78 is 0. The van der Waals surface area contributed by atoms with Crippen molar-refractivity contribution in [3.05, 3.63) is 29.8 Å². The van der Waals surface area contributed by atoms with E-state index in [2.05, 4.69) is 5.32 Å². The number of carbonyl (C=O) groups is 4. The summed E-state index contributed by atoms with van der Waals surface area (Å²) in [6.07, 6.45) is 0. The summed E-state index contributed by atoms with van der Waals surface area (Å²) in [6, 6.07) is 5.34. The Morgan fingerprint density at radius 1 is 1.30 bits per heavy atom. The second kappa shape index (κ2) is 5.46. The Morgan fingerprint density at radius 2 is 1.95 bits per heavy atom. The first kappa shape index (κ1) is 14.3. The Hall–Kier alpha value is -2.15. The quantitative estimate of drug-likeness (QED) is 0.796. The second-order valence-electron chi connectivity index (χ2n) is 4.28. The van der Waals surface area contributed by atoms with E-state index in [0.717, 1.165) is 11.8 Å². The largest absolute Gasteiger partial charge is 0.480 e. The zero-order chi connectivity index (χ0) is 14.9. The fourth-order valence-electron chi connectivity index (χ4n) is 1.77. The first-order chi connectivity index (χ1) is 9.41. The van der Waals surface area contributed by atoms with Crippen molar-refractivity contribution >= 4 is 34.5 Å². The van der Waals surface area contributed by atoms with E-state index in [4.69, 9.17) is 5.11 Å². The first-order valence-electron chi connectivity index (χ1n) is 5.80. The summed E-state index contributed by atoms with van der Waals surface area (Å²) in [7, 11) is 0. The Kier molecular flexibility index (Phi) is 3.89. The maximum atomic E-state index is 12.2. The Bertz CT molecular complexity index is 613. The van der Waals surface area contributed by atoms with E-state index >= 15 is 0 Å². The molecular weight excluding hydrogens is 282 g/mol. The number of thioether (sulfide) groups is 1. The zero-order valence-corrected chi connectivity index (χ0v) is 11.3. The molecule has 20 heavy (non-hydrogen) atoms. The molecule has 104 valence electrons. The maximum Gasteiger partial charge on any atom is 0.325 e. The van der Waals surface area contributed by atoms with Crippen molar-refractivity contribution in [2.24, 2.45) is 5.92 Å². The lowest BCUT2D eigenvalue weighted by molar-refractivity contribution is -0.142. The number of hydrogen-bond donors (Lipinski definition) is 2. The molecule has 0 aromatic heterocycles. The van der Waals surface area contributed by atoms with E-state index in [1.165, 1.54) is 13.0 Å². The number of carboxylic acids is 1. The standard InChI is InChI=1S/C13H11NO5S/c1-6(12(17)18)14-11(16)9-10(15)7-4-2-3-5-8(7)20-13(9)19/h2-6,9H,1H3,(H,14,16)(H,17,18)/t6-,9?/m0/s1. The SMILES string of the molecule is C[C@H](NC(=O)C1C(=O)Sc2ccccc2C1=O)C(=O)O. The molecule has 2 atom stereocenters. The summed E-state index contributed by atoms with van der Waals surface area (Å²) in [5.74, 6) is -4.20. The van der Waals surface area contributed by atoms with E-state index in [1.54, 1.807) is 18.2 Å². The number of carbonyl (C=O) groups excluding carboxylic acids is 3. The normalized spacial score (nSPS) is 19.1. The molecule has 1 heterocycles. The van der Waals surface area contributed by atoms with Crippen molar-refractivity contribution in [3.63, 3.8) is 0 Å². The maximum absolute atomic E-state index is 12.2. The van der Waals surface area contributed by atoms with Crippen LogP contribution in [0.4, 0.5) is 0 Å². The highest BCUT2D eigenvalue weighted by molar-refractivity contribution is 8.14. The van der Waals surface area contributed by atoms with Crippen LogP contribution in [0.15, 0.2) is 29.2 Å². The van der Waals surface area contributed by atoms with Crippen molar-refractivity contribution in [1.29, 1.82) is 0 Å². The van der Waals surface area contributed by atoms with Crippen LogP contribution in [0.2, 0.25) is 0 Å². The lowest BCUT2D eigenvalue weighted by Crippen LogP contribution is -2.46. The van der Waals surface area contributed by atoms with Crippen molar-refractivity contribution in [2.75, 3.05) is 0 Å². The lowest BCUT2D eigenvalue weighted by Gasteiger charge is -2.21. The van der Waals surface area contributed by atoms with Crippen molar-refractivity contribution in [3.8, 4) is 0 Å². The molecule has 0 spiro atoms. The molecule has 0 bridgehead atoms. The third kappa shape index (κ3) is 2.57. The molecule has 0 radical (unpaired) electrons. The van der Waals surface area contributed by atoms with Gasteiger partial charge in [0.25, 0.3) is 0 Å². The fraction of sp³-hybridized carbons (Fsp3) is 0.231. The molecule has 0 saturated heterocycles. The molecule has 0 saturated carbocycles. The molecule has 7 heteroatoms. The van der Waals surface area contributed by atoms with Crippen LogP contribution in [0, 0.1) is 5.92 Å². The van der Waals surface area contributed by atoms with Gasteiger partial charge in [-0.15, -0.1) is 0 Å². The van der Waals surface area contributed by atoms with Gasteiger partial charge in [-0.1, -0.05) is 18.2 Å². The van der Waals surface area contributed by atoms with Gasteiger partial charge in [-0.3, -0.25) is 19.2 Å². The predicted octanol–water partition coefficient (Wildman–Crippen LogP) is 0.707. The smallest absolute Gasteiger partial charge is 0.325 e. The van der Waals surface area contributed by atoms with Gasteiger partial charge in [-0.2, -0.15) is 0 Å². The van der Waals surface area contributed by atoms with E-state index < -0.39 is 34.7 Å². The highest BCUT2D eigenvalue weighted by atomic mass is 32.2. The second-order valence-corrected chi connectivity index (χ2v) is 5.33. The van der Waals surface area contributed by atoms with Crippen LogP contribution in [0.1, 0.15) is 17.3 Å². The molecule has 0 aliphatic carbocycles. The van der Waals surface area contributed by atoms with E-state index in [9.17, 15) is 19.2 Å². The summed E-state index contributed by atoms with van der Waals surface area (Å²) in [5.41, 5.74) is 0.306. The predicted molar refractivity (Wildman–Crippen MR) is 70.4 cm³/mol. The lowest BCUT2D eigenvalue weighted by atomic mass is 9.97. The van der Waals surface area contributed by atoms with Crippen LogP contribution in [-0.2, 0) is 14.4 Å². The Balaban J connectivity index is 2.25.